The topological polar surface area (TPSA) is 59.5 Å². The van der Waals surface area contributed by atoms with E-state index in [0.29, 0.717) is 12.2 Å². The fourth-order valence-electron chi connectivity index (χ4n) is 3.09. The van der Waals surface area contributed by atoms with E-state index >= 15 is 0 Å². The van der Waals surface area contributed by atoms with E-state index in [1.807, 2.05) is 30.3 Å². The molecule has 1 amide bonds. The van der Waals surface area contributed by atoms with E-state index in [9.17, 15) is 9.59 Å². The van der Waals surface area contributed by atoms with Gasteiger partial charge in [0.15, 0.2) is 12.4 Å². The lowest BCUT2D eigenvalue weighted by Gasteiger charge is -2.26. The Balaban J connectivity index is 1.77. The molecule has 2 aromatic rings. The number of aromatic nitrogens is 1. The molecule has 0 N–H and O–H groups in total. The van der Waals surface area contributed by atoms with Crippen molar-refractivity contribution in [2.75, 3.05) is 18.6 Å². The van der Waals surface area contributed by atoms with Crippen LogP contribution in [0, 0.1) is 0 Å². The average Bonchev–Trinajstić information content (AvgIpc) is 2.58. The van der Waals surface area contributed by atoms with E-state index in [4.69, 9.17) is 4.74 Å². The van der Waals surface area contributed by atoms with Gasteiger partial charge in [-0.05, 0) is 43.2 Å². The second kappa shape index (κ2) is 5.19. The molecule has 5 nitrogen and oxygen atoms in total. The third-order valence-corrected chi connectivity index (χ3v) is 4.43. The molecule has 0 spiro atoms. The maximum absolute atomic E-state index is 11.9. The molecule has 0 unspecified atom stereocenters. The van der Waals surface area contributed by atoms with Crippen molar-refractivity contribution in [2.24, 2.45) is 0 Å². The number of likely N-dealkylation sites (N-methyl/N-ethyl adjacent to an activating group) is 1. The van der Waals surface area contributed by atoms with Crippen LogP contribution in [0.25, 0.3) is 11.3 Å². The number of aryl methyl sites for hydroxylation is 1. The predicted octanol–water partition coefficient (Wildman–Crippen LogP) is 2.62. The highest BCUT2D eigenvalue weighted by Crippen LogP contribution is 2.35. The van der Waals surface area contributed by atoms with Crippen LogP contribution in [0.3, 0.4) is 0 Å². The van der Waals surface area contributed by atoms with Crippen molar-refractivity contribution in [3.05, 3.63) is 41.6 Å². The first-order valence-electron chi connectivity index (χ1n) is 7.70. The van der Waals surface area contributed by atoms with Crippen LogP contribution in [0.4, 0.5) is 5.69 Å². The van der Waals surface area contributed by atoms with Crippen molar-refractivity contribution < 1.29 is 14.3 Å². The molecule has 116 valence electrons. The lowest BCUT2D eigenvalue weighted by molar-refractivity contribution is -0.120. The summed E-state index contributed by atoms with van der Waals surface area (Å²) >= 11 is 0. The van der Waals surface area contributed by atoms with Crippen LogP contribution in [0.5, 0.6) is 5.75 Å². The van der Waals surface area contributed by atoms with E-state index in [0.717, 1.165) is 41.0 Å². The van der Waals surface area contributed by atoms with E-state index in [1.165, 1.54) is 0 Å². The predicted molar refractivity (Wildman–Crippen MR) is 85.8 cm³/mol. The van der Waals surface area contributed by atoms with Crippen molar-refractivity contribution in [3.63, 3.8) is 0 Å². The van der Waals surface area contributed by atoms with Gasteiger partial charge in [0.2, 0.25) is 0 Å². The number of benzene rings is 1. The normalized spacial score (nSPS) is 16.7. The van der Waals surface area contributed by atoms with Crippen molar-refractivity contribution in [3.8, 4) is 17.0 Å². The summed E-state index contributed by atoms with van der Waals surface area (Å²) in [5, 5.41) is 0. The number of amides is 1. The van der Waals surface area contributed by atoms with Gasteiger partial charge < -0.3 is 9.64 Å². The van der Waals surface area contributed by atoms with Gasteiger partial charge in [-0.2, -0.15) is 0 Å². The Hall–Kier alpha value is -2.69. The van der Waals surface area contributed by atoms with Gasteiger partial charge in [0, 0.05) is 24.6 Å². The lowest BCUT2D eigenvalue weighted by Crippen LogP contribution is -2.35. The number of pyridine rings is 1. The number of rotatable bonds is 1. The van der Waals surface area contributed by atoms with Gasteiger partial charge in [-0.3, -0.25) is 14.6 Å². The second-order valence-corrected chi connectivity index (χ2v) is 5.89. The minimum Gasteiger partial charge on any atom is -0.482 e. The maximum Gasteiger partial charge on any atom is 0.264 e. The first-order valence-corrected chi connectivity index (χ1v) is 7.70. The molecule has 5 heteroatoms. The highest BCUT2D eigenvalue weighted by molar-refractivity contribution is 5.99. The third-order valence-electron chi connectivity index (χ3n) is 4.43. The number of ketones is 1. The molecule has 0 bridgehead atoms. The molecule has 0 saturated heterocycles. The number of nitrogens with zero attached hydrogens (tertiary/aromatic N) is 2. The number of Topliss-reactive ketones (excluding diaryl/α,β-unsaturated/α-hetero) is 1. The number of carbonyl (C=O) groups excluding carboxylic acids is 2. The first-order chi connectivity index (χ1) is 11.1. The van der Waals surface area contributed by atoms with Crippen molar-refractivity contribution in [1.29, 1.82) is 0 Å². The molecule has 0 saturated carbocycles. The molecule has 23 heavy (non-hydrogen) atoms. The van der Waals surface area contributed by atoms with Crippen molar-refractivity contribution in [1.82, 2.24) is 4.98 Å². The third kappa shape index (κ3) is 2.29. The monoisotopic (exact) mass is 308 g/mol. The summed E-state index contributed by atoms with van der Waals surface area (Å²) in [6, 6.07) is 9.44. The van der Waals surface area contributed by atoms with Gasteiger partial charge in [-0.1, -0.05) is 0 Å². The largest absolute Gasteiger partial charge is 0.482 e. The molecule has 0 radical (unpaired) electrons. The fraction of sp³-hybridized carbons (Fsp3) is 0.278. The molecule has 0 atom stereocenters. The van der Waals surface area contributed by atoms with E-state index in [2.05, 4.69) is 4.98 Å². The van der Waals surface area contributed by atoms with E-state index in [1.54, 1.807) is 11.9 Å². The van der Waals surface area contributed by atoms with Crippen LogP contribution in [0.2, 0.25) is 0 Å². The minimum absolute atomic E-state index is 0.0707. The Morgan fingerprint density at radius 3 is 2.87 bits per heavy atom. The summed E-state index contributed by atoms with van der Waals surface area (Å²) in [7, 11) is 1.74. The number of anilines is 1. The van der Waals surface area contributed by atoms with Crippen LogP contribution in [0.15, 0.2) is 30.3 Å². The zero-order valence-electron chi connectivity index (χ0n) is 12.8. The highest BCUT2D eigenvalue weighted by Gasteiger charge is 2.23. The number of fused-ring (bicyclic) bond motifs is 2. The zero-order valence-corrected chi connectivity index (χ0v) is 12.8. The molecule has 1 aromatic heterocycles. The molecule has 4 rings (SSSR count). The summed E-state index contributed by atoms with van der Waals surface area (Å²) < 4.78 is 5.45. The Labute approximate surface area is 133 Å². The van der Waals surface area contributed by atoms with Gasteiger partial charge >= 0.3 is 0 Å². The van der Waals surface area contributed by atoms with Crippen LogP contribution in [-0.4, -0.2) is 30.3 Å². The summed E-state index contributed by atoms with van der Waals surface area (Å²) in [6.45, 7) is 0.0715. The second-order valence-electron chi connectivity index (χ2n) is 5.89. The summed E-state index contributed by atoms with van der Waals surface area (Å²) in [5.41, 5.74) is 4.09. The van der Waals surface area contributed by atoms with Gasteiger partial charge in [-0.25, -0.2) is 0 Å². The Morgan fingerprint density at radius 1 is 1.13 bits per heavy atom. The molecule has 1 aromatic carbocycles. The van der Waals surface area contributed by atoms with Crippen LogP contribution in [0.1, 0.15) is 28.9 Å². The summed E-state index contributed by atoms with van der Waals surface area (Å²) in [5.74, 6) is 0.803. The van der Waals surface area contributed by atoms with E-state index < -0.39 is 0 Å². The van der Waals surface area contributed by atoms with Crippen LogP contribution >= 0.6 is 0 Å². The van der Waals surface area contributed by atoms with Crippen LogP contribution < -0.4 is 9.64 Å². The lowest BCUT2D eigenvalue weighted by atomic mass is 9.94. The Kier molecular flexibility index (Phi) is 3.15. The quantitative estimate of drug-likeness (QED) is 0.812. The first kappa shape index (κ1) is 13.9. The molecular weight excluding hydrogens is 292 g/mol. The van der Waals surface area contributed by atoms with Gasteiger partial charge in [0.1, 0.15) is 5.75 Å². The van der Waals surface area contributed by atoms with Crippen LogP contribution in [-0.2, 0) is 11.2 Å². The standard InChI is InChI=1S/C18H16N2O3/c1-20-15-9-11(5-8-17(15)23-10-18(20)22)13-7-6-12-14(19-13)3-2-4-16(12)21/h5-9H,2-4,10H2,1H3. The molecule has 2 aliphatic rings. The van der Waals surface area contributed by atoms with Gasteiger partial charge in [0.25, 0.3) is 5.91 Å². The van der Waals surface area contributed by atoms with Crippen molar-refractivity contribution in [2.45, 2.75) is 19.3 Å². The maximum atomic E-state index is 11.9. The SMILES string of the molecule is CN1C(=O)COc2ccc(-c3ccc4c(n3)CCCC4=O)cc21. The number of hydrogen-bond donors (Lipinski definition) is 0. The van der Waals surface area contributed by atoms with Crippen molar-refractivity contribution >= 4 is 17.4 Å². The molecule has 2 heterocycles. The number of hydrogen-bond acceptors (Lipinski definition) is 4. The molecule has 1 aliphatic heterocycles. The minimum atomic E-state index is -0.0707. The number of carbonyl (C=O) groups is 2. The Morgan fingerprint density at radius 2 is 2.00 bits per heavy atom. The summed E-state index contributed by atoms with van der Waals surface area (Å²) in [6.07, 6.45) is 2.30. The molecular formula is C18H16N2O3. The molecule has 1 aliphatic carbocycles. The smallest absolute Gasteiger partial charge is 0.264 e. The zero-order chi connectivity index (χ0) is 16.0. The van der Waals surface area contributed by atoms with E-state index in [-0.39, 0.29) is 18.3 Å². The summed E-state index contributed by atoms with van der Waals surface area (Å²) in [4.78, 5) is 29.9. The van der Waals surface area contributed by atoms with Gasteiger partial charge in [-0.15, -0.1) is 0 Å². The molecule has 0 fully saturated rings. The average molecular weight is 308 g/mol. The highest BCUT2D eigenvalue weighted by atomic mass is 16.5. The fourth-order valence-corrected chi connectivity index (χ4v) is 3.09. The van der Waals surface area contributed by atoms with Gasteiger partial charge in [0.05, 0.1) is 17.1 Å². The Bertz CT molecular complexity index is 829. The number of ether oxygens (including phenoxy) is 1.